The summed E-state index contributed by atoms with van der Waals surface area (Å²) in [6, 6.07) is 0. The van der Waals surface area contributed by atoms with Gasteiger partial charge in [0.25, 0.3) is 0 Å². The molecule has 90 valence electrons. The van der Waals surface area contributed by atoms with E-state index in [1.165, 1.54) is 32.4 Å². The second-order valence-corrected chi connectivity index (χ2v) is 4.21. The number of ether oxygens (including phenoxy) is 2. The molecule has 0 aromatic carbocycles. The van der Waals surface area contributed by atoms with Gasteiger partial charge in [-0.05, 0) is 38.8 Å². The zero-order chi connectivity index (χ0) is 10.8. The summed E-state index contributed by atoms with van der Waals surface area (Å²) < 4.78 is 10.6. The molecule has 0 spiro atoms. The fraction of sp³-hybridized carbons (Fsp3) is 1.00. The van der Waals surface area contributed by atoms with Crippen LogP contribution in [-0.4, -0.2) is 51.5 Å². The van der Waals surface area contributed by atoms with Gasteiger partial charge < -0.3 is 14.4 Å². The van der Waals surface area contributed by atoms with Gasteiger partial charge in [-0.3, -0.25) is 0 Å². The van der Waals surface area contributed by atoms with Crippen molar-refractivity contribution in [2.24, 2.45) is 0 Å². The minimum absolute atomic E-state index is 0.857. The molecule has 0 N–H and O–H groups in total. The van der Waals surface area contributed by atoms with Crippen molar-refractivity contribution >= 4 is 0 Å². The Balaban J connectivity index is 1.79. The van der Waals surface area contributed by atoms with Crippen LogP contribution in [0.5, 0.6) is 0 Å². The molecule has 0 aromatic rings. The summed E-state index contributed by atoms with van der Waals surface area (Å²) in [6.45, 7) is 6.30. The lowest BCUT2D eigenvalue weighted by Crippen LogP contribution is -2.32. The van der Waals surface area contributed by atoms with E-state index in [2.05, 4.69) is 4.90 Å². The predicted molar refractivity (Wildman–Crippen MR) is 62.2 cm³/mol. The lowest BCUT2D eigenvalue weighted by atomic mass is 10.1. The second-order valence-electron chi connectivity index (χ2n) is 4.21. The van der Waals surface area contributed by atoms with E-state index in [4.69, 9.17) is 9.47 Å². The molecular formula is C12H25NO2. The summed E-state index contributed by atoms with van der Waals surface area (Å²) in [5, 5.41) is 0. The number of likely N-dealkylation sites (tertiary alicyclic amines) is 1. The van der Waals surface area contributed by atoms with Crippen molar-refractivity contribution < 1.29 is 9.47 Å². The third-order valence-electron chi connectivity index (χ3n) is 2.89. The summed E-state index contributed by atoms with van der Waals surface area (Å²) in [4.78, 5) is 2.51. The highest BCUT2D eigenvalue weighted by molar-refractivity contribution is 4.63. The molecule has 1 fully saturated rings. The topological polar surface area (TPSA) is 21.7 Å². The van der Waals surface area contributed by atoms with Gasteiger partial charge in [-0.2, -0.15) is 0 Å². The average molecular weight is 215 g/mol. The Bertz CT molecular complexity index is 136. The Morgan fingerprint density at radius 1 is 0.933 bits per heavy atom. The van der Waals surface area contributed by atoms with Crippen molar-refractivity contribution in [2.45, 2.75) is 32.1 Å². The molecule has 0 radical (unpaired) electrons. The van der Waals surface area contributed by atoms with E-state index in [1.807, 2.05) is 0 Å². The maximum atomic E-state index is 5.59. The fourth-order valence-corrected chi connectivity index (χ4v) is 1.93. The van der Waals surface area contributed by atoms with Crippen LogP contribution in [-0.2, 0) is 9.47 Å². The molecule has 1 aliphatic rings. The van der Waals surface area contributed by atoms with Crippen LogP contribution >= 0.6 is 0 Å². The van der Waals surface area contributed by atoms with Crippen LogP contribution in [0, 0.1) is 0 Å². The molecule has 1 rings (SSSR count). The van der Waals surface area contributed by atoms with E-state index in [0.717, 1.165) is 39.2 Å². The highest BCUT2D eigenvalue weighted by Gasteiger charge is 2.08. The molecule has 1 heterocycles. The average Bonchev–Trinajstić information content (AvgIpc) is 2.29. The van der Waals surface area contributed by atoms with Crippen LogP contribution in [0.4, 0.5) is 0 Å². The SMILES string of the molecule is COCCCCOCCN1CCCCC1. The summed E-state index contributed by atoms with van der Waals surface area (Å²) >= 11 is 0. The maximum Gasteiger partial charge on any atom is 0.0593 e. The smallest absolute Gasteiger partial charge is 0.0593 e. The highest BCUT2D eigenvalue weighted by Crippen LogP contribution is 2.07. The number of rotatable bonds is 8. The first-order chi connectivity index (χ1) is 7.43. The van der Waals surface area contributed by atoms with Gasteiger partial charge in [0.05, 0.1) is 6.61 Å². The minimum atomic E-state index is 0.857. The Kier molecular flexibility index (Phi) is 7.88. The van der Waals surface area contributed by atoms with E-state index in [9.17, 15) is 0 Å². The molecule has 0 aliphatic carbocycles. The first-order valence-corrected chi connectivity index (χ1v) is 6.22. The third-order valence-corrected chi connectivity index (χ3v) is 2.89. The molecule has 3 nitrogen and oxygen atoms in total. The van der Waals surface area contributed by atoms with E-state index >= 15 is 0 Å². The molecule has 0 saturated carbocycles. The lowest BCUT2D eigenvalue weighted by Gasteiger charge is -2.26. The van der Waals surface area contributed by atoms with Gasteiger partial charge in [0.15, 0.2) is 0 Å². The molecule has 1 saturated heterocycles. The lowest BCUT2D eigenvalue weighted by molar-refractivity contribution is 0.0890. The number of hydrogen-bond acceptors (Lipinski definition) is 3. The number of methoxy groups -OCH3 is 1. The molecule has 15 heavy (non-hydrogen) atoms. The van der Waals surface area contributed by atoms with E-state index in [-0.39, 0.29) is 0 Å². The molecule has 0 atom stereocenters. The summed E-state index contributed by atoms with van der Waals surface area (Å²) in [6.07, 6.45) is 6.38. The molecule has 1 aliphatic heterocycles. The van der Waals surface area contributed by atoms with Gasteiger partial charge in [-0.15, -0.1) is 0 Å². The number of unbranched alkanes of at least 4 members (excludes halogenated alkanes) is 1. The van der Waals surface area contributed by atoms with Crippen molar-refractivity contribution in [2.75, 3.05) is 46.6 Å². The predicted octanol–water partition coefficient (Wildman–Crippen LogP) is 1.92. The standard InChI is InChI=1S/C12H25NO2/c1-14-10-5-6-11-15-12-9-13-7-3-2-4-8-13/h2-12H2,1H3. The van der Waals surface area contributed by atoms with Gasteiger partial charge in [0.1, 0.15) is 0 Å². The number of nitrogens with zero attached hydrogens (tertiary/aromatic N) is 1. The van der Waals surface area contributed by atoms with Gasteiger partial charge in [-0.1, -0.05) is 6.42 Å². The first kappa shape index (κ1) is 12.9. The van der Waals surface area contributed by atoms with E-state index in [1.54, 1.807) is 7.11 Å². The Morgan fingerprint density at radius 2 is 1.67 bits per heavy atom. The normalized spacial score (nSPS) is 18.2. The van der Waals surface area contributed by atoms with Crippen molar-refractivity contribution in [1.82, 2.24) is 4.90 Å². The Hall–Kier alpha value is -0.120. The van der Waals surface area contributed by atoms with Crippen molar-refractivity contribution in [1.29, 1.82) is 0 Å². The minimum Gasteiger partial charge on any atom is -0.385 e. The fourth-order valence-electron chi connectivity index (χ4n) is 1.93. The van der Waals surface area contributed by atoms with E-state index < -0.39 is 0 Å². The molecule has 0 bridgehead atoms. The van der Waals surface area contributed by atoms with Crippen LogP contribution in [0.15, 0.2) is 0 Å². The molecule has 0 unspecified atom stereocenters. The summed E-state index contributed by atoms with van der Waals surface area (Å²) in [7, 11) is 1.75. The van der Waals surface area contributed by atoms with Gasteiger partial charge >= 0.3 is 0 Å². The van der Waals surface area contributed by atoms with Crippen molar-refractivity contribution in [3.8, 4) is 0 Å². The third kappa shape index (κ3) is 6.88. The number of hydrogen-bond donors (Lipinski definition) is 0. The van der Waals surface area contributed by atoms with Gasteiger partial charge in [0.2, 0.25) is 0 Å². The monoisotopic (exact) mass is 215 g/mol. The summed E-state index contributed by atoms with van der Waals surface area (Å²) in [5.41, 5.74) is 0. The zero-order valence-electron chi connectivity index (χ0n) is 10.0. The van der Waals surface area contributed by atoms with Crippen LogP contribution in [0.25, 0.3) is 0 Å². The number of piperidine rings is 1. The first-order valence-electron chi connectivity index (χ1n) is 6.22. The van der Waals surface area contributed by atoms with Crippen LogP contribution in [0.1, 0.15) is 32.1 Å². The second kappa shape index (κ2) is 9.13. The summed E-state index contributed by atoms with van der Waals surface area (Å²) in [5.74, 6) is 0. The quantitative estimate of drug-likeness (QED) is 0.577. The molecule has 3 heteroatoms. The van der Waals surface area contributed by atoms with Crippen LogP contribution in [0.3, 0.4) is 0 Å². The maximum absolute atomic E-state index is 5.59. The molecule has 0 aromatic heterocycles. The van der Waals surface area contributed by atoms with Gasteiger partial charge in [0, 0.05) is 26.9 Å². The van der Waals surface area contributed by atoms with Crippen molar-refractivity contribution in [3.63, 3.8) is 0 Å². The molecular weight excluding hydrogens is 190 g/mol. The van der Waals surface area contributed by atoms with Crippen LogP contribution < -0.4 is 0 Å². The molecule has 0 amide bonds. The zero-order valence-corrected chi connectivity index (χ0v) is 10.0. The van der Waals surface area contributed by atoms with Crippen molar-refractivity contribution in [3.05, 3.63) is 0 Å². The van der Waals surface area contributed by atoms with Gasteiger partial charge in [-0.25, -0.2) is 0 Å². The van der Waals surface area contributed by atoms with E-state index in [0.29, 0.717) is 0 Å². The highest BCUT2D eigenvalue weighted by atomic mass is 16.5. The van der Waals surface area contributed by atoms with Crippen LogP contribution in [0.2, 0.25) is 0 Å². The largest absolute Gasteiger partial charge is 0.385 e. The Labute approximate surface area is 93.7 Å². The Morgan fingerprint density at radius 3 is 2.40 bits per heavy atom.